The van der Waals surface area contributed by atoms with Crippen molar-refractivity contribution in [3.8, 4) is 0 Å². The van der Waals surface area contributed by atoms with Gasteiger partial charge in [-0.15, -0.1) is 0 Å². The fourth-order valence-corrected chi connectivity index (χ4v) is 2.36. The number of piperazine rings is 1. The molecule has 1 heterocycles. The molecule has 0 saturated carbocycles. The van der Waals surface area contributed by atoms with E-state index in [0.29, 0.717) is 0 Å². The van der Waals surface area contributed by atoms with Gasteiger partial charge in [0.05, 0.1) is 0 Å². The van der Waals surface area contributed by atoms with E-state index in [9.17, 15) is 0 Å². The minimum absolute atomic E-state index is 0.227. The highest BCUT2D eigenvalue weighted by Gasteiger charge is 2.19. The van der Waals surface area contributed by atoms with E-state index >= 15 is 0 Å². The fraction of sp³-hybridized carbons (Fsp3) is 0.400. The van der Waals surface area contributed by atoms with Gasteiger partial charge in [0.25, 0.3) is 0 Å². The zero-order chi connectivity index (χ0) is 9.97. The van der Waals surface area contributed by atoms with Gasteiger partial charge in [0.2, 0.25) is 0 Å². The summed E-state index contributed by atoms with van der Waals surface area (Å²) in [4.78, 5) is 0. The molecule has 2 nitrogen and oxygen atoms in total. The molecule has 2 rings (SSSR count). The standard InChI is InChI=1S/C10H12Cl2N2/c11-7-2-1-3-8(12)10(7)9-6-13-4-5-14-9/h1-3,9,13-14H,4-6H2. The highest BCUT2D eigenvalue weighted by molar-refractivity contribution is 6.36. The number of nitrogens with one attached hydrogen (secondary N) is 2. The monoisotopic (exact) mass is 230 g/mol. The molecule has 1 unspecified atom stereocenters. The van der Waals surface area contributed by atoms with Crippen molar-refractivity contribution in [3.05, 3.63) is 33.8 Å². The first-order chi connectivity index (χ1) is 6.79. The van der Waals surface area contributed by atoms with Crippen LogP contribution in [0.1, 0.15) is 11.6 Å². The van der Waals surface area contributed by atoms with Crippen LogP contribution >= 0.6 is 23.2 Å². The first-order valence-corrected chi connectivity index (χ1v) is 5.42. The van der Waals surface area contributed by atoms with Crippen LogP contribution in [0.25, 0.3) is 0 Å². The third-order valence-electron chi connectivity index (χ3n) is 2.39. The van der Waals surface area contributed by atoms with E-state index in [0.717, 1.165) is 35.2 Å². The zero-order valence-corrected chi connectivity index (χ0v) is 9.20. The van der Waals surface area contributed by atoms with Crippen LogP contribution in [0, 0.1) is 0 Å². The molecule has 1 aliphatic heterocycles. The second kappa shape index (κ2) is 4.49. The lowest BCUT2D eigenvalue weighted by Gasteiger charge is -2.26. The quantitative estimate of drug-likeness (QED) is 0.774. The largest absolute Gasteiger partial charge is 0.314 e. The summed E-state index contributed by atoms with van der Waals surface area (Å²) >= 11 is 12.2. The van der Waals surface area contributed by atoms with Crippen molar-refractivity contribution < 1.29 is 0 Å². The first kappa shape index (κ1) is 10.2. The lowest BCUT2D eigenvalue weighted by molar-refractivity contribution is 0.430. The Morgan fingerprint density at radius 3 is 2.43 bits per heavy atom. The lowest BCUT2D eigenvalue weighted by atomic mass is 10.1. The summed E-state index contributed by atoms with van der Waals surface area (Å²) in [5.41, 5.74) is 1.00. The van der Waals surface area contributed by atoms with E-state index in [-0.39, 0.29) is 6.04 Å². The normalized spacial score (nSPS) is 22.3. The molecular formula is C10H12Cl2N2. The molecule has 1 fully saturated rings. The van der Waals surface area contributed by atoms with Gasteiger partial charge in [-0.25, -0.2) is 0 Å². The molecule has 1 atom stereocenters. The van der Waals surface area contributed by atoms with Gasteiger partial charge in [-0.05, 0) is 12.1 Å². The van der Waals surface area contributed by atoms with E-state index < -0.39 is 0 Å². The topological polar surface area (TPSA) is 24.1 Å². The van der Waals surface area contributed by atoms with Gasteiger partial charge >= 0.3 is 0 Å². The fourth-order valence-electron chi connectivity index (χ4n) is 1.70. The molecule has 1 aromatic carbocycles. The predicted molar refractivity (Wildman–Crippen MR) is 60.1 cm³/mol. The maximum atomic E-state index is 6.11. The predicted octanol–water partition coefficient (Wildman–Crippen LogP) is 2.23. The van der Waals surface area contributed by atoms with Crippen LogP contribution < -0.4 is 10.6 Å². The van der Waals surface area contributed by atoms with Crippen molar-refractivity contribution in [3.63, 3.8) is 0 Å². The van der Waals surface area contributed by atoms with Crippen LogP contribution in [0.2, 0.25) is 10.0 Å². The first-order valence-electron chi connectivity index (χ1n) is 4.67. The third kappa shape index (κ3) is 2.04. The van der Waals surface area contributed by atoms with Gasteiger partial charge in [-0.1, -0.05) is 29.3 Å². The van der Waals surface area contributed by atoms with Gasteiger partial charge in [0, 0.05) is 41.3 Å². The van der Waals surface area contributed by atoms with Crippen molar-refractivity contribution in [1.82, 2.24) is 10.6 Å². The van der Waals surface area contributed by atoms with E-state index in [1.807, 2.05) is 18.2 Å². The molecule has 76 valence electrons. The van der Waals surface area contributed by atoms with Crippen LogP contribution in [-0.2, 0) is 0 Å². The number of hydrogen-bond donors (Lipinski definition) is 2. The second-order valence-electron chi connectivity index (χ2n) is 3.35. The highest BCUT2D eigenvalue weighted by Crippen LogP contribution is 2.30. The van der Waals surface area contributed by atoms with Gasteiger partial charge in [-0.2, -0.15) is 0 Å². The van der Waals surface area contributed by atoms with Gasteiger partial charge in [0.15, 0.2) is 0 Å². The average molecular weight is 231 g/mol. The molecule has 1 aromatic rings. The van der Waals surface area contributed by atoms with Crippen LogP contribution in [-0.4, -0.2) is 19.6 Å². The van der Waals surface area contributed by atoms with E-state index in [1.165, 1.54) is 0 Å². The van der Waals surface area contributed by atoms with Gasteiger partial charge < -0.3 is 10.6 Å². The molecule has 2 N–H and O–H groups in total. The minimum Gasteiger partial charge on any atom is -0.314 e. The average Bonchev–Trinajstić information content (AvgIpc) is 2.19. The van der Waals surface area contributed by atoms with Crippen molar-refractivity contribution in [2.75, 3.05) is 19.6 Å². The molecule has 0 spiro atoms. The van der Waals surface area contributed by atoms with Crippen LogP contribution in [0.3, 0.4) is 0 Å². The molecule has 0 aliphatic carbocycles. The number of benzene rings is 1. The number of hydrogen-bond acceptors (Lipinski definition) is 2. The summed E-state index contributed by atoms with van der Waals surface area (Å²) in [5.74, 6) is 0. The lowest BCUT2D eigenvalue weighted by Crippen LogP contribution is -2.42. The Morgan fingerprint density at radius 2 is 1.86 bits per heavy atom. The Balaban J connectivity index is 2.29. The van der Waals surface area contributed by atoms with Crippen molar-refractivity contribution in [2.24, 2.45) is 0 Å². The molecule has 14 heavy (non-hydrogen) atoms. The zero-order valence-electron chi connectivity index (χ0n) is 7.69. The molecule has 0 aromatic heterocycles. The molecule has 1 aliphatic rings. The molecule has 1 saturated heterocycles. The summed E-state index contributed by atoms with van der Waals surface area (Å²) in [6.45, 7) is 2.83. The van der Waals surface area contributed by atoms with E-state index in [2.05, 4.69) is 10.6 Å². The minimum atomic E-state index is 0.227. The Hall–Kier alpha value is -0.280. The Kier molecular flexibility index (Phi) is 3.29. The van der Waals surface area contributed by atoms with Crippen LogP contribution in [0.15, 0.2) is 18.2 Å². The van der Waals surface area contributed by atoms with E-state index in [1.54, 1.807) is 0 Å². The number of rotatable bonds is 1. The maximum Gasteiger partial charge on any atom is 0.0476 e. The Bertz CT molecular complexity index is 302. The molecular weight excluding hydrogens is 219 g/mol. The summed E-state index contributed by atoms with van der Waals surface area (Å²) in [5, 5.41) is 8.16. The smallest absolute Gasteiger partial charge is 0.0476 e. The molecule has 4 heteroatoms. The van der Waals surface area contributed by atoms with E-state index in [4.69, 9.17) is 23.2 Å². The SMILES string of the molecule is Clc1cccc(Cl)c1C1CNCCN1. The molecule has 0 bridgehead atoms. The van der Waals surface area contributed by atoms with Gasteiger partial charge in [-0.3, -0.25) is 0 Å². The molecule has 0 amide bonds. The second-order valence-corrected chi connectivity index (χ2v) is 4.16. The Labute approximate surface area is 93.6 Å². The van der Waals surface area contributed by atoms with Crippen molar-refractivity contribution in [1.29, 1.82) is 0 Å². The highest BCUT2D eigenvalue weighted by atomic mass is 35.5. The molecule has 0 radical (unpaired) electrons. The van der Waals surface area contributed by atoms with Crippen molar-refractivity contribution in [2.45, 2.75) is 6.04 Å². The van der Waals surface area contributed by atoms with Crippen LogP contribution in [0.5, 0.6) is 0 Å². The van der Waals surface area contributed by atoms with Crippen molar-refractivity contribution >= 4 is 23.2 Å². The maximum absolute atomic E-state index is 6.11. The summed E-state index contributed by atoms with van der Waals surface area (Å²) in [7, 11) is 0. The van der Waals surface area contributed by atoms with Gasteiger partial charge in [0.1, 0.15) is 0 Å². The summed E-state index contributed by atoms with van der Waals surface area (Å²) in [6, 6.07) is 5.84. The third-order valence-corrected chi connectivity index (χ3v) is 3.05. The summed E-state index contributed by atoms with van der Waals surface area (Å²) in [6.07, 6.45) is 0. The summed E-state index contributed by atoms with van der Waals surface area (Å²) < 4.78 is 0. The van der Waals surface area contributed by atoms with Crippen LogP contribution in [0.4, 0.5) is 0 Å². The number of halogens is 2. The Morgan fingerprint density at radius 1 is 1.14 bits per heavy atom.